The molecular weight excluding hydrogens is 574 g/mol. The number of aliphatic hydroxyl groups excluding tert-OH is 1. The van der Waals surface area contributed by atoms with Crippen molar-refractivity contribution in [3.05, 3.63) is 74.7 Å². The number of unbranched alkanes of at least 4 members (excludes halogenated alkanes) is 13. The SMILES string of the molecule is CCCCCCCCCCCCCCCCN1C(=O)C(=O)/C(=C(/O)c2ccc(Br)cc2)C1c1ccc(Cl)cc1. The highest BCUT2D eigenvalue weighted by atomic mass is 79.9. The molecule has 1 saturated heterocycles. The van der Waals surface area contributed by atoms with Crippen LogP contribution in [0, 0.1) is 0 Å². The van der Waals surface area contributed by atoms with E-state index in [2.05, 4.69) is 22.9 Å². The van der Waals surface area contributed by atoms with Crippen LogP contribution in [0.15, 0.2) is 58.6 Å². The van der Waals surface area contributed by atoms with Gasteiger partial charge in [-0.05, 0) is 36.2 Å². The summed E-state index contributed by atoms with van der Waals surface area (Å²) in [4.78, 5) is 27.9. The Morgan fingerprint density at radius 1 is 0.769 bits per heavy atom. The molecule has 1 atom stereocenters. The van der Waals surface area contributed by atoms with E-state index in [9.17, 15) is 14.7 Å². The van der Waals surface area contributed by atoms with Crippen LogP contribution < -0.4 is 0 Å². The summed E-state index contributed by atoms with van der Waals surface area (Å²) < 4.78 is 0.867. The van der Waals surface area contributed by atoms with Crippen molar-refractivity contribution in [2.45, 2.75) is 103 Å². The number of hydrogen-bond donors (Lipinski definition) is 1. The summed E-state index contributed by atoms with van der Waals surface area (Å²) in [6.45, 7) is 2.74. The maximum atomic E-state index is 13.2. The number of likely N-dealkylation sites (tertiary alicyclic amines) is 1. The molecule has 3 rings (SSSR count). The van der Waals surface area contributed by atoms with E-state index in [-0.39, 0.29) is 11.3 Å². The van der Waals surface area contributed by atoms with Gasteiger partial charge in [0.05, 0.1) is 11.6 Å². The van der Waals surface area contributed by atoms with E-state index in [1.807, 2.05) is 12.1 Å². The zero-order valence-electron chi connectivity index (χ0n) is 23.3. The van der Waals surface area contributed by atoms with Crippen molar-refractivity contribution >= 4 is 45.0 Å². The molecule has 1 N–H and O–H groups in total. The molecule has 1 unspecified atom stereocenters. The topological polar surface area (TPSA) is 57.6 Å². The zero-order valence-corrected chi connectivity index (χ0v) is 25.6. The minimum absolute atomic E-state index is 0.134. The van der Waals surface area contributed by atoms with Gasteiger partial charge in [-0.25, -0.2) is 0 Å². The molecule has 0 aliphatic carbocycles. The second-order valence-electron chi connectivity index (χ2n) is 10.6. The lowest BCUT2D eigenvalue weighted by molar-refractivity contribution is -0.139. The number of carbonyl (C=O) groups excluding carboxylic acids is 2. The number of amides is 1. The summed E-state index contributed by atoms with van der Waals surface area (Å²) in [5.74, 6) is -1.34. The van der Waals surface area contributed by atoms with E-state index in [0.717, 1.165) is 29.3 Å². The molecular formula is C33H43BrClNO3. The smallest absolute Gasteiger partial charge is 0.295 e. The van der Waals surface area contributed by atoms with Gasteiger partial charge in [0.2, 0.25) is 0 Å². The molecule has 0 spiro atoms. The Balaban J connectivity index is 1.52. The molecule has 6 heteroatoms. The molecule has 1 aliphatic heterocycles. The third kappa shape index (κ3) is 9.49. The Labute approximate surface area is 248 Å². The van der Waals surface area contributed by atoms with Crippen LogP contribution in [-0.4, -0.2) is 28.2 Å². The molecule has 212 valence electrons. The number of ketones is 1. The molecule has 0 saturated carbocycles. The maximum Gasteiger partial charge on any atom is 0.295 e. The van der Waals surface area contributed by atoms with Crippen LogP contribution in [0.3, 0.4) is 0 Å². The van der Waals surface area contributed by atoms with E-state index < -0.39 is 17.7 Å². The first-order valence-electron chi connectivity index (χ1n) is 14.7. The van der Waals surface area contributed by atoms with Crippen molar-refractivity contribution in [3.8, 4) is 0 Å². The summed E-state index contributed by atoms with van der Waals surface area (Å²) in [6.07, 6.45) is 17.6. The largest absolute Gasteiger partial charge is 0.507 e. The molecule has 0 aromatic heterocycles. The molecule has 2 aromatic rings. The first-order valence-corrected chi connectivity index (χ1v) is 15.9. The van der Waals surface area contributed by atoms with Crippen LogP contribution in [0.25, 0.3) is 5.76 Å². The standard InChI is InChI=1S/C33H43BrClNO3/c1-2-3-4-5-6-7-8-9-10-11-12-13-14-15-24-36-30(25-18-22-28(35)23-19-25)29(32(38)33(36)39)31(37)26-16-20-27(34)21-17-26/h16-23,30,37H,2-15,24H2,1H3/b31-29+. The normalized spacial score (nSPS) is 16.8. The summed E-state index contributed by atoms with van der Waals surface area (Å²) in [5, 5.41) is 11.7. The van der Waals surface area contributed by atoms with E-state index >= 15 is 0 Å². The maximum absolute atomic E-state index is 13.2. The van der Waals surface area contributed by atoms with Crippen LogP contribution in [0.5, 0.6) is 0 Å². The third-order valence-electron chi connectivity index (χ3n) is 7.60. The van der Waals surface area contributed by atoms with Gasteiger partial charge in [0.25, 0.3) is 11.7 Å². The zero-order chi connectivity index (χ0) is 28.0. The van der Waals surface area contributed by atoms with Crippen molar-refractivity contribution in [1.29, 1.82) is 0 Å². The lowest BCUT2D eigenvalue weighted by Crippen LogP contribution is -2.30. The van der Waals surface area contributed by atoms with Gasteiger partial charge in [-0.3, -0.25) is 9.59 Å². The van der Waals surface area contributed by atoms with E-state index in [1.165, 1.54) is 70.6 Å². The highest BCUT2D eigenvalue weighted by molar-refractivity contribution is 9.10. The summed E-state index contributed by atoms with van der Waals surface area (Å²) >= 11 is 9.51. The van der Waals surface area contributed by atoms with E-state index in [4.69, 9.17) is 11.6 Å². The molecule has 39 heavy (non-hydrogen) atoms. The Kier molecular flexibility index (Phi) is 13.6. The van der Waals surface area contributed by atoms with Gasteiger partial charge < -0.3 is 10.0 Å². The lowest BCUT2D eigenvalue weighted by atomic mass is 9.95. The average Bonchev–Trinajstić information content (AvgIpc) is 3.18. The Hall–Kier alpha value is -2.11. The number of aliphatic hydroxyl groups is 1. The molecule has 4 nitrogen and oxygen atoms in total. The molecule has 1 fully saturated rings. The molecule has 1 amide bonds. The number of halogens is 2. The van der Waals surface area contributed by atoms with Gasteiger partial charge in [0.1, 0.15) is 5.76 Å². The highest BCUT2D eigenvalue weighted by Gasteiger charge is 2.45. The van der Waals surface area contributed by atoms with Crippen molar-refractivity contribution in [1.82, 2.24) is 4.90 Å². The predicted molar refractivity (Wildman–Crippen MR) is 165 cm³/mol. The van der Waals surface area contributed by atoms with Gasteiger partial charge in [0, 0.05) is 21.6 Å². The number of carbonyl (C=O) groups is 2. The van der Waals surface area contributed by atoms with E-state index in [0.29, 0.717) is 17.1 Å². The quantitative estimate of drug-likeness (QED) is 0.0833. The van der Waals surface area contributed by atoms with Gasteiger partial charge in [0.15, 0.2) is 0 Å². The molecule has 1 heterocycles. The van der Waals surface area contributed by atoms with Crippen LogP contribution in [-0.2, 0) is 9.59 Å². The van der Waals surface area contributed by atoms with Crippen molar-refractivity contribution in [3.63, 3.8) is 0 Å². The minimum Gasteiger partial charge on any atom is -0.507 e. The number of Topliss-reactive ketones (excluding diaryl/α,β-unsaturated/α-hetero) is 1. The predicted octanol–water partition coefficient (Wildman–Crippen LogP) is 10.0. The lowest BCUT2D eigenvalue weighted by Gasteiger charge is -2.25. The van der Waals surface area contributed by atoms with Crippen LogP contribution in [0.4, 0.5) is 0 Å². The second kappa shape index (κ2) is 16.9. The molecule has 0 radical (unpaired) electrons. The van der Waals surface area contributed by atoms with Gasteiger partial charge in [-0.15, -0.1) is 0 Å². The van der Waals surface area contributed by atoms with Crippen LogP contribution >= 0.6 is 27.5 Å². The fourth-order valence-electron chi connectivity index (χ4n) is 5.34. The fourth-order valence-corrected chi connectivity index (χ4v) is 5.73. The second-order valence-corrected chi connectivity index (χ2v) is 12.0. The third-order valence-corrected chi connectivity index (χ3v) is 8.38. The summed E-state index contributed by atoms with van der Waals surface area (Å²) in [7, 11) is 0. The number of benzene rings is 2. The number of hydrogen-bond acceptors (Lipinski definition) is 3. The number of nitrogens with zero attached hydrogens (tertiary/aromatic N) is 1. The minimum atomic E-state index is -0.638. The fraction of sp³-hybridized carbons (Fsp3) is 0.515. The number of rotatable bonds is 17. The molecule has 2 aromatic carbocycles. The van der Waals surface area contributed by atoms with Gasteiger partial charge >= 0.3 is 0 Å². The highest BCUT2D eigenvalue weighted by Crippen LogP contribution is 2.40. The monoisotopic (exact) mass is 615 g/mol. The van der Waals surface area contributed by atoms with E-state index in [1.54, 1.807) is 41.3 Å². The van der Waals surface area contributed by atoms with Crippen molar-refractivity contribution < 1.29 is 14.7 Å². The van der Waals surface area contributed by atoms with Gasteiger partial charge in [-0.1, -0.05) is 142 Å². The Morgan fingerprint density at radius 3 is 1.77 bits per heavy atom. The van der Waals surface area contributed by atoms with Crippen molar-refractivity contribution in [2.75, 3.05) is 6.54 Å². The Morgan fingerprint density at radius 2 is 1.26 bits per heavy atom. The first-order chi connectivity index (χ1) is 18.9. The molecule has 0 bridgehead atoms. The van der Waals surface area contributed by atoms with Gasteiger partial charge in [-0.2, -0.15) is 0 Å². The Bertz CT molecular complexity index is 1080. The van der Waals surface area contributed by atoms with Crippen LogP contribution in [0.2, 0.25) is 5.02 Å². The summed E-state index contributed by atoms with van der Waals surface area (Å²) in [5.41, 5.74) is 1.41. The average molecular weight is 617 g/mol. The summed E-state index contributed by atoms with van der Waals surface area (Å²) in [6, 6.07) is 13.6. The van der Waals surface area contributed by atoms with Crippen LogP contribution in [0.1, 0.15) is 114 Å². The first kappa shape index (κ1) is 31.4. The molecule has 1 aliphatic rings. The van der Waals surface area contributed by atoms with Crippen molar-refractivity contribution in [2.24, 2.45) is 0 Å².